The van der Waals surface area contributed by atoms with Crippen LogP contribution in [0.3, 0.4) is 0 Å². The summed E-state index contributed by atoms with van der Waals surface area (Å²) in [5, 5.41) is 2.34. The number of H-pyrrole nitrogens is 2. The SMILES string of the molecule is CN(CCc1c[nH]c2ccccc12)C(=O)c1ccccc1C(=O)N(CCc1c[nH]c2ccccc12)CCN1CCN(C(=O)C23CC4CC(CC(C4)C2)C3)CC1. The van der Waals surface area contributed by atoms with Gasteiger partial charge in [-0.2, -0.15) is 0 Å². The number of rotatable bonds is 12. The number of nitrogens with zero attached hydrogens (tertiary/aromatic N) is 4. The van der Waals surface area contributed by atoms with Gasteiger partial charge in [-0.25, -0.2) is 0 Å². The highest BCUT2D eigenvalue weighted by Crippen LogP contribution is 2.60. The standard InChI is InChI=1S/C46H54N6O3/c1-49(16-14-35-30-47-41-12-6-4-8-37(35)41)43(53)39-10-2-3-11-40(39)44(54)51(17-15-36-31-48-42-13-7-5-9-38(36)42)21-18-50-19-22-52(23-20-50)45(55)46-27-32-24-33(28-46)26-34(25-32)29-46/h2-13,30-34,47-48H,14-29H2,1H3. The number of fused-ring (bicyclic) bond motifs is 2. The molecule has 0 atom stereocenters. The number of likely N-dealkylation sites (N-methyl/N-ethyl adjacent to an activating group) is 1. The van der Waals surface area contributed by atoms with Gasteiger partial charge in [0.25, 0.3) is 11.8 Å². The quantitative estimate of drug-likeness (QED) is 0.144. The second kappa shape index (κ2) is 15.0. The van der Waals surface area contributed by atoms with Crippen molar-refractivity contribution in [3.05, 3.63) is 107 Å². The lowest BCUT2D eigenvalue weighted by atomic mass is 9.49. The van der Waals surface area contributed by atoms with Crippen molar-refractivity contribution in [2.45, 2.75) is 51.4 Å². The van der Waals surface area contributed by atoms with E-state index in [1.807, 2.05) is 60.7 Å². The Labute approximate surface area is 324 Å². The van der Waals surface area contributed by atoms with Crippen molar-refractivity contribution in [1.82, 2.24) is 29.6 Å². The van der Waals surface area contributed by atoms with Gasteiger partial charge >= 0.3 is 0 Å². The zero-order chi connectivity index (χ0) is 37.5. The molecule has 3 heterocycles. The maximum Gasteiger partial charge on any atom is 0.254 e. The summed E-state index contributed by atoms with van der Waals surface area (Å²) in [6.45, 7) is 5.48. The summed E-state index contributed by atoms with van der Waals surface area (Å²) in [7, 11) is 1.82. The van der Waals surface area contributed by atoms with E-state index in [1.54, 1.807) is 17.0 Å². The highest BCUT2D eigenvalue weighted by molar-refractivity contribution is 6.07. The van der Waals surface area contributed by atoms with E-state index in [1.165, 1.54) is 41.2 Å². The first-order valence-electron chi connectivity index (χ1n) is 20.6. The zero-order valence-electron chi connectivity index (χ0n) is 32.1. The lowest BCUT2D eigenvalue weighted by molar-refractivity contribution is -0.159. The number of carbonyl (C=O) groups is 3. The molecule has 1 saturated heterocycles. The molecule has 4 saturated carbocycles. The topological polar surface area (TPSA) is 95.8 Å². The fourth-order valence-electron chi connectivity index (χ4n) is 11.0. The van der Waals surface area contributed by atoms with Crippen LogP contribution in [0.5, 0.6) is 0 Å². The Balaban J connectivity index is 0.876. The van der Waals surface area contributed by atoms with Crippen LogP contribution in [-0.2, 0) is 17.6 Å². The number of aromatic nitrogens is 2. The summed E-state index contributed by atoms with van der Waals surface area (Å²) in [6.07, 6.45) is 12.8. The van der Waals surface area contributed by atoms with Gasteiger partial charge in [0.05, 0.1) is 16.5 Å². The summed E-state index contributed by atoms with van der Waals surface area (Å²) in [6, 6.07) is 23.8. The number of piperazine rings is 1. The van der Waals surface area contributed by atoms with Gasteiger partial charge in [0, 0.05) is 93.6 Å². The summed E-state index contributed by atoms with van der Waals surface area (Å²) < 4.78 is 0. The maximum absolute atomic E-state index is 14.6. The van der Waals surface area contributed by atoms with Crippen molar-refractivity contribution in [3.8, 4) is 0 Å². The van der Waals surface area contributed by atoms with Crippen LogP contribution in [0.15, 0.2) is 85.2 Å². The lowest BCUT2D eigenvalue weighted by Crippen LogP contribution is -2.58. The highest BCUT2D eigenvalue weighted by Gasteiger charge is 2.55. The first kappa shape index (κ1) is 35.8. The van der Waals surface area contributed by atoms with Gasteiger partial charge in [0.15, 0.2) is 0 Å². The Bertz CT molecular complexity index is 2160. The van der Waals surface area contributed by atoms with Crippen LogP contribution in [0.25, 0.3) is 21.8 Å². The molecule has 0 unspecified atom stereocenters. The second-order valence-electron chi connectivity index (χ2n) is 17.1. The molecule has 9 heteroatoms. The van der Waals surface area contributed by atoms with Gasteiger partial charge in [-0.3, -0.25) is 19.3 Å². The third-order valence-electron chi connectivity index (χ3n) is 13.6. The minimum atomic E-state index is -0.153. The van der Waals surface area contributed by atoms with E-state index in [9.17, 15) is 14.4 Å². The number of hydrogen-bond donors (Lipinski definition) is 2. The van der Waals surface area contributed by atoms with Crippen LogP contribution in [0, 0.1) is 23.2 Å². The predicted molar refractivity (Wildman–Crippen MR) is 217 cm³/mol. The maximum atomic E-state index is 14.6. The number of hydrogen-bond acceptors (Lipinski definition) is 4. The summed E-state index contributed by atoms with van der Waals surface area (Å²) >= 11 is 0. The minimum absolute atomic E-state index is 0.0994. The summed E-state index contributed by atoms with van der Waals surface area (Å²) in [5.74, 6) is 2.43. The molecule has 55 heavy (non-hydrogen) atoms. The third kappa shape index (κ3) is 7.08. The van der Waals surface area contributed by atoms with Crippen LogP contribution >= 0.6 is 0 Å². The molecule has 0 spiro atoms. The molecule has 5 aromatic rings. The van der Waals surface area contributed by atoms with E-state index in [0.29, 0.717) is 49.5 Å². The average molecular weight is 739 g/mol. The molecule has 4 bridgehead atoms. The largest absolute Gasteiger partial charge is 0.361 e. The Morgan fingerprint density at radius 2 is 1.16 bits per heavy atom. The van der Waals surface area contributed by atoms with E-state index < -0.39 is 0 Å². The Kier molecular flexibility index (Phi) is 9.75. The molecule has 0 radical (unpaired) electrons. The zero-order valence-corrected chi connectivity index (χ0v) is 32.1. The molecule has 3 aromatic carbocycles. The molecule has 9 nitrogen and oxygen atoms in total. The smallest absolute Gasteiger partial charge is 0.254 e. The Morgan fingerprint density at radius 3 is 1.75 bits per heavy atom. The molecule has 4 aliphatic carbocycles. The Morgan fingerprint density at radius 1 is 0.655 bits per heavy atom. The summed E-state index contributed by atoms with van der Waals surface area (Å²) in [5.41, 5.74) is 5.29. The monoisotopic (exact) mass is 738 g/mol. The van der Waals surface area contributed by atoms with Gasteiger partial charge in [-0.1, -0.05) is 48.5 Å². The molecule has 5 aliphatic rings. The molecule has 10 rings (SSSR count). The van der Waals surface area contributed by atoms with E-state index in [2.05, 4.69) is 44.0 Å². The summed E-state index contributed by atoms with van der Waals surface area (Å²) in [4.78, 5) is 57.6. The number of aromatic amines is 2. The molecule has 3 amide bonds. The van der Waals surface area contributed by atoms with Crippen LogP contribution in [0.4, 0.5) is 0 Å². The number of carbonyl (C=O) groups excluding carboxylic acids is 3. The number of amides is 3. The average Bonchev–Trinajstić information content (AvgIpc) is 3.83. The minimum Gasteiger partial charge on any atom is -0.361 e. The number of nitrogens with one attached hydrogen (secondary N) is 2. The van der Waals surface area contributed by atoms with Gasteiger partial charge in [0.1, 0.15) is 0 Å². The second-order valence-corrected chi connectivity index (χ2v) is 17.1. The van der Waals surface area contributed by atoms with Gasteiger partial charge in [0.2, 0.25) is 5.91 Å². The first-order valence-corrected chi connectivity index (χ1v) is 20.6. The van der Waals surface area contributed by atoms with Crippen molar-refractivity contribution in [2.24, 2.45) is 23.2 Å². The van der Waals surface area contributed by atoms with Crippen LogP contribution < -0.4 is 0 Å². The van der Waals surface area contributed by atoms with Crippen molar-refractivity contribution >= 4 is 39.5 Å². The van der Waals surface area contributed by atoms with Crippen molar-refractivity contribution < 1.29 is 14.4 Å². The normalized spacial score (nSPS) is 23.4. The van der Waals surface area contributed by atoms with Crippen LogP contribution in [-0.4, -0.2) is 107 Å². The Hall–Kier alpha value is -4.89. The van der Waals surface area contributed by atoms with E-state index >= 15 is 0 Å². The van der Waals surface area contributed by atoms with Crippen molar-refractivity contribution in [1.29, 1.82) is 0 Å². The van der Waals surface area contributed by atoms with E-state index in [0.717, 1.165) is 80.8 Å². The van der Waals surface area contributed by atoms with E-state index in [-0.39, 0.29) is 17.2 Å². The fraction of sp³-hybridized carbons (Fsp3) is 0.457. The van der Waals surface area contributed by atoms with E-state index in [4.69, 9.17) is 0 Å². The van der Waals surface area contributed by atoms with Gasteiger partial charge in [-0.05, 0) is 105 Å². The highest BCUT2D eigenvalue weighted by atomic mass is 16.2. The van der Waals surface area contributed by atoms with Crippen molar-refractivity contribution in [2.75, 3.05) is 59.4 Å². The predicted octanol–water partition coefficient (Wildman–Crippen LogP) is 7.01. The molecular formula is C46H54N6O3. The van der Waals surface area contributed by atoms with Gasteiger partial charge < -0.3 is 24.7 Å². The molecule has 5 fully saturated rings. The number of para-hydroxylation sites is 2. The van der Waals surface area contributed by atoms with Crippen LogP contribution in [0.2, 0.25) is 0 Å². The number of benzene rings is 3. The lowest BCUT2D eigenvalue weighted by Gasteiger charge is -2.57. The molecule has 286 valence electrons. The first-order chi connectivity index (χ1) is 26.8. The van der Waals surface area contributed by atoms with Gasteiger partial charge in [-0.15, -0.1) is 0 Å². The van der Waals surface area contributed by atoms with Crippen molar-refractivity contribution in [3.63, 3.8) is 0 Å². The molecular weight excluding hydrogens is 685 g/mol. The molecule has 2 aromatic heterocycles. The van der Waals surface area contributed by atoms with Crippen LogP contribution in [0.1, 0.15) is 70.4 Å². The fourth-order valence-corrected chi connectivity index (χ4v) is 11.0. The third-order valence-corrected chi connectivity index (χ3v) is 13.6. The molecule has 2 N–H and O–H groups in total. The molecule has 1 aliphatic heterocycles.